The van der Waals surface area contributed by atoms with Crippen LogP contribution in [-0.2, 0) is 32.1 Å². The number of hydrogen-bond acceptors (Lipinski definition) is 5. The zero-order valence-electron chi connectivity index (χ0n) is 47.6. The van der Waals surface area contributed by atoms with Gasteiger partial charge < -0.3 is 24.5 Å². The molecule has 394 valence electrons. The molecule has 5 heterocycles. The summed E-state index contributed by atoms with van der Waals surface area (Å²) in [6.45, 7) is 8.68. The second-order valence-electron chi connectivity index (χ2n) is 21.9. The molecule has 0 N–H and O–H groups in total. The summed E-state index contributed by atoms with van der Waals surface area (Å²) < 4.78 is 0. The molecule has 5 aliphatic rings. The third-order valence-corrected chi connectivity index (χ3v) is 16.6. The average molecular weight is 1030 g/mol. The predicted octanol–water partition coefficient (Wildman–Crippen LogP) is 18.0. The van der Waals surface area contributed by atoms with Crippen LogP contribution in [0.5, 0.6) is 0 Å². The Kier molecular flexibility index (Phi) is 15.0. The van der Waals surface area contributed by atoms with Crippen molar-refractivity contribution in [3.8, 4) is 0 Å². The highest BCUT2D eigenvalue weighted by atomic mass is 15.1. The van der Waals surface area contributed by atoms with Crippen LogP contribution in [0.4, 0.5) is 56.9 Å². The van der Waals surface area contributed by atoms with Crippen molar-refractivity contribution in [2.45, 2.75) is 59.8 Å². The zero-order chi connectivity index (χ0) is 54.7. The standard InChI is InChI=1S/4C15H15N.C14H13N/c1-11-6-5-8-13-10-12-7-3-4-9-14(12)16(2)15(11)13;1-11-6-5-9-15-13(11)10-12-7-3-4-8-14(12)16(15)2;1-11-7-8-15-13(9-11)10-12-5-3-4-6-14(12)16(15)2;1-11-7-8-13-10-12-5-3-4-6-14(12)16(2)15(13)9-11;1-15-13-8-4-2-6-11(13)10-12-7-3-5-9-14(12)15/h4*3-9H,10H2,1-2H3;2-9H,10H2,1H3. The molecule has 0 atom stereocenters. The number of fused-ring (bicyclic) bond motifs is 10. The quantitative estimate of drug-likeness (QED) is 0.150. The summed E-state index contributed by atoms with van der Waals surface area (Å²) in [5, 5.41) is 0. The Morgan fingerprint density at radius 2 is 0.544 bits per heavy atom. The first-order valence-electron chi connectivity index (χ1n) is 27.9. The minimum atomic E-state index is 1.05. The van der Waals surface area contributed by atoms with E-state index in [1.54, 1.807) is 0 Å². The summed E-state index contributed by atoms with van der Waals surface area (Å²) in [5.41, 5.74) is 33.1. The lowest BCUT2D eigenvalue weighted by Crippen LogP contribution is -2.19. The fourth-order valence-electron chi connectivity index (χ4n) is 12.5. The Hall–Kier alpha value is -8.80. The molecule has 0 saturated carbocycles. The Balaban J connectivity index is 0.000000104. The Bertz CT molecular complexity index is 3760. The van der Waals surface area contributed by atoms with Gasteiger partial charge in [-0.15, -0.1) is 0 Å². The predicted molar refractivity (Wildman–Crippen MR) is 338 cm³/mol. The molecular formula is C74H73N5. The maximum Gasteiger partial charge on any atom is 0.0473 e. The van der Waals surface area contributed by atoms with Crippen LogP contribution in [0, 0.1) is 27.7 Å². The fourth-order valence-corrected chi connectivity index (χ4v) is 12.5. The smallest absolute Gasteiger partial charge is 0.0473 e. The lowest BCUT2D eigenvalue weighted by molar-refractivity contribution is 1.04. The van der Waals surface area contributed by atoms with Crippen molar-refractivity contribution in [3.63, 3.8) is 0 Å². The normalized spacial score (nSPS) is 13.3. The maximum atomic E-state index is 2.31. The molecule has 0 aliphatic carbocycles. The molecule has 10 aromatic rings. The van der Waals surface area contributed by atoms with E-state index in [0.29, 0.717) is 0 Å². The van der Waals surface area contributed by atoms with Crippen LogP contribution < -0.4 is 24.5 Å². The summed E-state index contributed by atoms with van der Waals surface area (Å²) in [5.74, 6) is 0. The number of nitrogens with zero attached hydrogens (tertiary/aromatic N) is 5. The second-order valence-corrected chi connectivity index (χ2v) is 21.9. The average Bonchev–Trinajstić information content (AvgIpc) is 3.57. The van der Waals surface area contributed by atoms with E-state index in [0.717, 1.165) is 32.1 Å². The number of rotatable bonds is 0. The van der Waals surface area contributed by atoms with Crippen LogP contribution in [-0.4, -0.2) is 35.2 Å². The topological polar surface area (TPSA) is 16.2 Å². The molecule has 79 heavy (non-hydrogen) atoms. The molecule has 0 amide bonds. The monoisotopic (exact) mass is 1030 g/mol. The van der Waals surface area contributed by atoms with Gasteiger partial charge in [-0.2, -0.15) is 0 Å². The third-order valence-electron chi connectivity index (χ3n) is 16.6. The van der Waals surface area contributed by atoms with E-state index in [9.17, 15) is 0 Å². The number of benzene rings is 10. The molecule has 0 unspecified atom stereocenters. The fraction of sp³-hybridized carbons (Fsp3) is 0.189. The van der Waals surface area contributed by atoms with Gasteiger partial charge in [-0.25, -0.2) is 0 Å². The zero-order valence-corrected chi connectivity index (χ0v) is 47.6. The summed E-state index contributed by atoms with van der Waals surface area (Å²) >= 11 is 0. The highest BCUT2D eigenvalue weighted by Gasteiger charge is 2.24. The van der Waals surface area contributed by atoms with Crippen molar-refractivity contribution in [1.29, 1.82) is 0 Å². The van der Waals surface area contributed by atoms with Crippen molar-refractivity contribution < 1.29 is 0 Å². The van der Waals surface area contributed by atoms with E-state index in [-0.39, 0.29) is 0 Å². The van der Waals surface area contributed by atoms with Crippen LogP contribution in [0.25, 0.3) is 0 Å². The summed E-state index contributed by atoms with van der Waals surface area (Å²) in [6.07, 6.45) is 5.27. The van der Waals surface area contributed by atoms with Crippen molar-refractivity contribution in [1.82, 2.24) is 0 Å². The number of anilines is 10. The molecule has 15 rings (SSSR count). The maximum absolute atomic E-state index is 2.31. The van der Waals surface area contributed by atoms with Gasteiger partial charge in [0.15, 0.2) is 0 Å². The van der Waals surface area contributed by atoms with E-state index in [1.165, 1.54) is 135 Å². The number of hydrogen-bond donors (Lipinski definition) is 0. The van der Waals surface area contributed by atoms with Crippen molar-refractivity contribution in [3.05, 3.63) is 296 Å². The third kappa shape index (κ3) is 10.7. The molecule has 0 aromatic heterocycles. The van der Waals surface area contributed by atoms with Crippen LogP contribution in [0.1, 0.15) is 77.9 Å². The van der Waals surface area contributed by atoms with Gasteiger partial charge in [-0.3, -0.25) is 0 Å². The molecule has 0 fully saturated rings. The van der Waals surface area contributed by atoms with Gasteiger partial charge in [0, 0.05) is 124 Å². The van der Waals surface area contributed by atoms with Gasteiger partial charge in [0.2, 0.25) is 0 Å². The van der Waals surface area contributed by atoms with Gasteiger partial charge in [0.1, 0.15) is 0 Å². The van der Waals surface area contributed by atoms with Crippen molar-refractivity contribution >= 4 is 56.9 Å². The Labute approximate surface area is 470 Å². The van der Waals surface area contributed by atoms with Crippen LogP contribution >= 0.6 is 0 Å². The Morgan fingerprint density at radius 1 is 0.228 bits per heavy atom. The first-order valence-corrected chi connectivity index (χ1v) is 27.9. The van der Waals surface area contributed by atoms with Crippen molar-refractivity contribution in [2.75, 3.05) is 59.7 Å². The van der Waals surface area contributed by atoms with Gasteiger partial charge in [0.05, 0.1) is 0 Å². The molecule has 5 aliphatic heterocycles. The van der Waals surface area contributed by atoms with Gasteiger partial charge in [0.25, 0.3) is 0 Å². The molecule has 0 radical (unpaired) electrons. The molecule has 0 bridgehead atoms. The summed E-state index contributed by atoms with van der Waals surface area (Å²) in [4.78, 5) is 11.5. The van der Waals surface area contributed by atoms with E-state index in [1.807, 2.05) is 0 Å². The first-order chi connectivity index (χ1) is 38.4. The van der Waals surface area contributed by atoms with E-state index >= 15 is 0 Å². The van der Waals surface area contributed by atoms with Gasteiger partial charge >= 0.3 is 0 Å². The van der Waals surface area contributed by atoms with Crippen LogP contribution in [0.2, 0.25) is 0 Å². The lowest BCUT2D eigenvalue weighted by atomic mass is 9.93. The Morgan fingerprint density at radius 3 is 1.05 bits per heavy atom. The summed E-state index contributed by atoms with van der Waals surface area (Å²) in [6, 6.07) is 78.3. The SMILES string of the molecule is CN1c2ccccc2Cc2ccccc21.Cc1ccc2c(c1)Cc1ccccc1N2C.Cc1ccc2c(c1)N(C)c1ccccc1C2.Cc1cccc2c1Cc1ccccc1N2C.Cc1cccc2c1N(C)c1ccccc1C2. The van der Waals surface area contributed by atoms with Gasteiger partial charge in [-0.1, -0.05) is 169 Å². The first kappa shape index (κ1) is 52.3. The minimum absolute atomic E-state index is 1.05. The summed E-state index contributed by atoms with van der Waals surface area (Å²) in [7, 11) is 10.7. The van der Waals surface area contributed by atoms with Crippen LogP contribution in [0.3, 0.4) is 0 Å². The second kappa shape index (κ2) is 22.7. The molecule has 0 saturated heterocycles. The molecule has 5 heteroatoms. The minimum Gasteiger partial charge on any atom is -0.344 e. The number of para-hydroxylation sites is 7. The van der Waals surface area contributed by atoms with E-state index < -0.39 is 0 Å². The molecular weight excluding hydrogens is 959 g/mol. The highest BCUT2D eigenvalue weighted by Crippen LogP contribution is 2.42. The van der Waals surface area contributed by atoms with E-state index in [2.05, 4.69) is 306 Å². The lowest BCUT2D eigenvalue weighted by Gasteiger charge is -2.31. The molecule has 0 spiro atoms. The number of aryl methyl sites for hydroxylation is 4. The van der Waals surface area contributed by atoms with Gasteiger partial charge in [-0.05, 0) is 155 Å². The van der Waals surface area contributed by atoms with Crippen molar-refractivity contribution in [2.24, 2.45) is 0 Å². The van der Waals surface area contributed by atoms with Crippen LogP contribution in [0.15, 0.2) is 218 Å². The molecule has 5 nitrogen and oxygen atoms in total. The largest absolute Gasteiger partial charge is 0.344 e. The molecule has 10 aromatic carbocycles. The van der Waals surface area contributed by atoms with E-state index in [4.69, 9.17) is 0 Å². The highest BCUT2D eigenvalue weighted by molar-refractivity contribution is 5.79.